The van der Waals surface area contributed by atoms with Crippen molar-refractivity contribution in [3.05, 3.63) is 12.2 Å². The fraction of sp³-hybridized carbons (Fsp3) is 0.667. The van der Waals surface area contributed by atoms with Crippen LogP contribution in [-0.2, 0) is 0 Å². The van der Waals surface area contributed by atoms with Crippen LogP contribution in [0.15, 0.2) is 12.2 Å². The summed E-state index contributed by atoms with van der Waals surface area (Å²) in [5.74, 6) is 0.487. The van der Waals surface area contributed by atoms with Crippen molar-refractivity contribution in [2.75, 3.05) is 25.5 Å². The molecule has 0 aliphatic rings. The molecule has 1 N–H and O–H groups in total. The summed E-state index contributed by atoms with van der Waals surface area (Å²) in [4.78, 5) is 13.0. The molecule has 0 rings (SSSR count). The molecule has 13 heavy (non-hydrogen) atoms. The van der Waals surface area contributed by atoms with Gasteiger partial charge < -0.3 is 10.2 Å². The van der Waals surface area contributed by atoms with Gasteiger partial charge in [0.2, 0.25) is 0 Å². The lowest BCUT2D eigenvalue weighted by molar-refractivity contribution is 0.204. The van der Waals surface area contributed by atoms with Crippen molar-refractivity contribution in [3.63, 3.8) is 0 Å². The van der Waals surface area contributed by atoms with E-state index in [2.05, 4.69) is 5.32 Å². The highest BCUT2D eigenvalue weighted by Gasteiger charge is 2.05. The number of hydrogen-bond acceptors (Lipinski definition) is 1. The van der Waals surface area contributed by atoms with Crippen molar-refractivity contribution >= 4 is 17.6 Å². The largest absolute Gasteiger partial charge is 0.335 e. The van der Waals surface area contributed by atoms with Crippen LogP contribution in [0.5, 0.6) is 0 Å². The van der Waals surface area contributed by atoms with Gasteiger partial charge in [0.15, 0.2) is 0 Å². The van der Waals surface area contributed by atoms with E-state index in [0.717, 1.165) is 13.1 Å². The van der Waals surface area contributed by atoms with Gasteiger partial charge in [0.05, 0.1) is 0 Å². The molecule has 0 saturated carbocycles. The van der Waals surface area contributed by atoms with Gasteiger partial charge in [-0.25, -0.2) is 4.79 Å². The third-order valence-electron chi connectivity index (χ3n) is 1.68. The third kappa shape index (κ3) is 5.53. The molecule has 0 atom stereocenters. The normalized spacial score (nSPS) is 10.4. The number of carbonyl (C=O) groups is 1. The molecule has 4 heteroatoms. The zero-order valence-corrected chi connectivity index (χ0v) is 8.97. The van der Waals surface area contributed by atoms with E-state index in [4.69, 9.17) is 11.6 Å². The standard InChI is InChI=1S/C9H17ClN2O/c1-3-12(4-2)9(13)11-8-6-5-7-10/h5-6H,3-4,7-8H2,1-2H3,(H,11,13)/b6-5+. The number of urea groups is 1. The van der Waals surface area contributed by atoms with Gasteiger partial charge in [0.1, 0.15) is 0 Å². The molecule has 0 spiro atoms. The molecule has 76 valence electrons. The van der Waals surface area contributed by atoms with Crippen LogP contribution in [0.1, 0.15) is 13.8 Å². The van der Waals surface area contributed by atoms with E-state index in [1.165, 1.54) is 0 Å². The lowest BCUT2D eigenvalue weighted by Gasteiger charge is -2.18. The van der Waals surface area contributed by atoms with Crippen molar-refractivity contribution in [3.8, 4) is 0 Å². The molecule has 0 bridgehead atoms. The fourth-order valence-corrected chi connectivity index (χ4v) is 1.04. The molecule has 0 aliphatic carbocycles. The Morgan fingerprint density at radius 3 is 2.46 bits per heavy atom. The number of alkyl halides is 1. The van der Waals surface area contributed by atoms with E-state index in [1.54, 1.807) is 4.90 Å². The van der Waals surface area contributed by atoms with Gasteiger partial charge in [0.25, 0.3) is 0 Å². The van der Waals surface area contributed by atoms with Crippen LogP contribution < -0.4 is 5.32 Å². The third-order valence-corrected chi connectivity index (χ3v) is 1.86. The van der Waals surface area contributed by atoms with Gasteiger partial charge in [-0.05, 0) is 13.8 Å². The van der Waals surface area contributed by atoms with Crippen molar-refractivity contribution in [1.82, 2.24) is 10.2 Å². The van der Waals surface area contributed by atoms with E-state index in [0.29, 0.717) is 12.4 Å². The average molecular weight is 205 g/mol. The summed E-state index contributed by atoms with van der Waals surface area (Å²) in [6.07, 6.45) is 3.65. The number of allylic oxidation sites excluding steroid dienone is 1. The first-order valence-electron chi connectivity index (χ1n) is 4.50. The smallest absolute Gasteiger partial charge is 0.317 e. The lowest BCUT2D eigenvalue weighted by atomic mass is 10.5. The minimum Gasteiger partial charge on any atom is -0.335 e. The fourth-order valence-electron chi connectivity index (χ4n) is 0.915. The molecule has 0 unspecified atom stereocenters. The zero-order chi connectivity index (χ0) is 10.1. The van der Waals surface area contributed by atoms with Crippen molar-refractivity contribution in [2.45, 2.75) is 13.8 Å². The second kappa shape index (κ2) is 7.92. The molecule has 0 aromatic rings. The van der Waals surface area contributed by atoms with Crippen LogP contribution in [0.3, 0.4) is 0 Å². The summed E-state index contributed by atoms with van der Waals surface area (Å²) >= 11 is 5.42. The lowest BCUT2D eigenvalue weighted by Crippen LogP contribution is -2.39. The van der Waals surface area contributed by atoms with Crippen LogP contribution in [0.25, 0.3) is 0 Å². The maximum atomic E-state index is 11.3. The van der Waals surface area contributed by atoms with Crippen LogP contribution >= 0.6 is 11.6 Å². The minimum atomic E-state index is -0.0239. The Kier molecular flexibility index (Phi) is 7.50. The average Bonchev–Trinajstić information content (AvgIpc) is 2.14. The quantitative estimate of drug-likeness (QED) is 0.538. The molecule has 0 aromatic heterocycles. The Labute approximate surface area is 84.7 Å². The molecular weight excluding hydrogens is 188 g/mol. The van der Waals surface area contributed by atoms with Crippen LogP contribution in [-0.4, -0.2) is 36.4 Å². The summed E-state index contributed by atoms with van der Waals surface area (Å²) in [5, 5.41) is 2.76. The molecule has 0 aliphatic heterocycles. The van der Waals surface area contributed by atoms with Gasteiger partial charge in [-0.3, -0.25) is 0 Å². The summed E-state index contributed by atoms with van der Waals surface area (Å²) < 4.78 is 0. The molecule has 0 aromatic carbocycles. The van der Waals surface area contributed by atoms with E-state index in [1.807, 2.05) is 26.0 Å². The molecule has 3 nitrogen and oxygen atoms in total. The van der Waals surface area contributed by atoms with Crippen molar-refractivity contribution in [1.29, 1.82) is 0 Å². The van der Waals surface area contributed by atoms with E-state index in [9.17, 15) is 4.79 Å². The predicted octanol–water partition coefficient (Wildman–Crippen LogP) is 1.83. The van der Waals surface area contributed by atoms with Gasteiger partial charge in [-0.15, -0.1) is 11.6 Å². The van der Waals surface area contributed by atoms with E-state index < -0.39 is 0 Å². The first-order chi connectivity index (χ1) is 6.26. The molecule has 0 radical (unpaired) electrons. The van der Waals surface area contributed by atoms with Crippen LogP contribution in [0.2, 0.25) is 0 Å². The van der Waals surface area contributed by atoms with Gasteiger partial charge >= 0.3 is 6.03 Å². The summed E-state index contributed by atoms with van der Waals surface area (Å²) in [5.41, 5.74) is 0. The topological polar surface area (TPSA) is 32.3 Å². The van der Waals surface area contributed by atoms with Crippen LogP contribution in [0.4, 0.5) is 4.79 Å². The molecular formula is C9H17ClN2O. The van der Waals surface area contributed by atoms with Gasteiger partial charge in [-0.2, -0.15) is 0 Å². The monoisotopic (exact) mass is 204 g/mol. The Bertz CT molecular complexity index is 167. The number of nitrogens with one attached hydrogen (secondary N) is 1. The number of nitrogens with zero attached hydrogens (tertiary/aromatic N) is 1. The first kappa shape index (κ1) is 12.3. The van der Waals surface area contributed by atoms with E-state index in [-0.39, 0.29) is 6.03 Å². The maximum Gasteiger partial charge on any atom is 0.317 e. The second-order valence-electron chi connectivity index (χ2n) is 2.48. The number of amides is 2. The molecule has 2 amide bonds. The molecule has 0 fully saturated rings. The predicted molar refractivity (Wildman–Crippen MR) is 56.2 cm³/mol. The first-order valence-corrected chi connectivity index (χ1v) is 5.03. The second-order valence-corrected chi connectivity index (χ2v) is 2.79. The number of rotatable bonds is 5. The highest BCUT2D eigenvalue weighted by molar-refractivity contribution is 6.18. The highest BCUT2D eigenvalue weighted by Crippen LogP contribution is 1.87. The highest BCUT2D eigenvalue weighted by atomic mass is 35.5. The zero-order valence-electron chi connectivity index (χ0n) is 8.22. The van der Waals surface area contributed by atoms with Gasteiger partial charge in [0, 0.05) is 25.5 Å². The summed E-state index contributed by atoms with van der Waals surface area (Å²) in [6.45, 7) is 5.93. The number of halogens is 1. The van der Waals surface area contributed by atoms with Crippen LogP contribution in [0, 0.1) is 0 Å². The minimum absolute atomic E-state index is 0.0239. The Morgan fingerprint density at radius 2 is 2.00 bits per heavy atom. The maximum absolute atomic E-state index is 11.3. The Balaban J connectivity index is 3.66. The summed E-state index contributed by atoms with van der Waals surface area (Å²) in [6, 6.07) is -0.0239. The summed E-state index contributed by atoms with van der Waals surface area (Å²) in [7, 11) is 0. The molecule has 0 heterocycles. The number of hydrogen-bond donors (Lipinski definition) is 1. The van der Waals surface area contributed by atoms with Crippen molar-refractivity contribution < 1.29 is 4.79 Å². The SMILES string of the molecule is CCN(CC)C(=O)NC/C=C/CCl. The van der Waals surface area contributed by atoms with Crippen molar-refractivity contribution in [2.24, 2.45) is 0 Å². The number of carbonyl (C=O) groups excluding carboxylic acids is 1. The van der Waals surface area contributed by atoms with E-state index >= 15 is 0 Å². The Hall–Kier alpha value is -0.700. The molecule has 0 saturated heterocycles. The van der Waals surface area contributed by atoms with Gasteiger partial charge in [-0.1, -0.05) is 12.2 Å². The Morgan fingerprint density at radius 1 is 1.38 bits per heavy atom.